The summed E-state index contributed by atoms with van der Waals surface area (Å²) in [5, 5.41) is 20.4. The van der Waals surface area contributed by atoms with Crippen molar-refractivity contribution >= 4 is 23.1 Å². The Labute approximate surface area is 111 Å². The van der Waals surface area contributed by atoms with E-state index in [1.165, 1.54) is 7.05 Å². The average molecular weight is 283 g/mol. The number of aromatic nitrogens is 4. The number of nitrogens with one attached hydrogen (secondary N) is 2. The first-order valence-corrected chi connectivity index (χ1v) is 5.71. The Morgan fingerprint density at radius 1 is 1.45 bits per heavy atom. The molecule has 0 fully saturated rings. The van der Waals surface area contributed by atoms with Gasteiger partial charge >= 0.3 is 11.7 Å². The summed E-state index contributed by atoms with van der Waals surface area (Å²) >= 11 is 0. The first-order chi connectivity index (χ1) is 9.45. The van der Waals surface area contributed by atoms with E-state index in [-0.39, 0.29) is 30.3 Å². The van der Waals surface area contributed by atoms with E-state index >= 15 is 0 Å². The van der Waals surface area contributed by atoms with Gasteiger partial charge in [-0.1, -0.05) is 0 Å². The average Bonchev–Trinajstić information content (AvgIpc) is 2.72. The first-order valence-electron chi connectivity index (χ1n) is 5.71. The third-order valence-electron chi connectivity index (χ3n) is 2.70. The Hall–Kier alpha value is -2.62. The molecule has 2 rings (SSSR count). The fraction of sp³-hybridized carbons (Fsp3) is 0.400. The molecule has 0 aliphatic heterocycles. The van der Waals surface area contributed by atoms with E-state index in [9.17, 15) is 14.4 Å². The molecule has 2 aromatic rings. The van der Waals surface area contributed by atoms with Gasteiger partial charge < -0.3 is 15.5 Å². The summed E-state index contributed by atoms with van der Waals surface area (Å²) in [6.45, 7) is -0.550. The zero-order valence-electron chi connectivity index (χ0n) is 10.6. The molecule has 0 aliphatic rings. The Bertz CT molecular complexity index is 771. The van der Waals surface area contributed by atoms with Crippen LogP contribution in [0.3, 0.4) is 0 Å². The number of carboxylic acid groups (broad SMARTS) is 1. The van der Waals surface area contributed by atoms with Crippen molar-refractivity contribution in [2.45, 2.75) is 6.54 Å². The van der Waals surface area contributed by atoms with Crippen LogP contribution in [0.2, 0.25) is 0 Å². The van der Waals surface area contributed by atoms with Gasteiger partial charge in [0.1, 0.15) is 6.54 Å². The lowest BCUT2D eigenvalue weighted by molar-refractivity contribution is -0.137. The predicted molar refractivity (Wildman–Crippen MR) is 68.8 cm³/mol. The smallest absolute Gasteiger partial charge is 0.329 e. The van der Waals surface area contributed by atoms with Crippen molar-refractivity contribution in [3.63, 3.8) is 0 Å². The van der Waals surface area contributed by atoms with Crippen LogP contribution in [0.25, 0.3) is 11.2 Å². The second-order valence-corrected chi connectivity index (χ2v) is 4.06. The third kappa shape index (κ3) is 2.28. The second kappa shape index (κ2) is 5.17. The molecule has 2 aromatic heterocycles. The molecule has 0 saturated heterocycles. The van der Waals surface area contributed by atoms with Crippen molar-refractivity contribution in [2.24, 2.45) is 7.05 Å². The normalized spacial score (nSPS) is 10.9. The molecular formula is C10H13N5O5. The van der Waals surface area contributed by atoms with E-state index in [2.05, 4.69) is 15.3 Å². The van der Waals surface area contributed by atoms with E-state index in [4.69, 9.17) is 10.2 Å². The fourth-order valence-electron chi connectivity index (χ4n) is 1.83. The number of aliphatic carboxylic acids is 1. The van der Waals surface area contributed by atoms with Crippen LogP contribution in [-0.2, 0) is 18.4 Å². The number of aliphatic hydroxyl groups is 1. The Morgan fingerprint density at radius 3 is 2.75 bits per heavy atom. The summed E-state index contributed by atoms with van der Waals surface area (Å²) in [4.78, 5) is 40.4. The Kier molecular flexibility index (Phi) is 3.57. The molecule has 0 aromatic carbocycles. The number of aryl methyl sites for hydroxylation is 1. The van der Waals surface area contributed by atoms with Crippen LogP contribution in [0.5, 0.6) is 0 Å². The molecule has 10 heteroatoms. The number of anilines is 1. The summed E-state index contributed by atoms with van der Waals surface area (Å²) in [6, 6.07) is 0. The molecule has 0 atom stereocenters. The first kappa shape index (κ1) is 13.8. The molecule has 4 N–H and O–H groups in total. The van der Waals surface area contributed by atoms with Gasteiger partial charge in [-0.15, -0.1) is 0 Å². The largest absolute Gasteiger partial charge is 0.480 e. The Balaban J connectivity index is 2.75. The molecule has 0 spiro atoms. The van der Waals surface area contributed by atoms with Gasteiger partial charge in [0.2, 0.25) is 5.95 Å². The number of imidazole rings is 1. The highest BCUT2D eigenvalue weighted by atomic mass is 16.4. The van der Waals surface area contributed by atoms with Crippen molar-refractivity contribution in [3.8, 4) is 0 Å². The lowest BCUT2D eigenvalue weighted by Crippen LogP contribution is -2.29. The number of hydrogen-bond acceptors (Lipinski definition) is 6. The Morgan fingerprint density at radius 2 is 2.15 bits per heavy atom. The summed E-state index contributed by atoms with van der Waals surface area (Å²) in [5.41, 5.74) is -1.31. The molecule has 0 unspecified atom stereocenters. The van der Waals surface area contributed by atoms with Gasteiger partial charge in [0.15, 0.2) is 11.2 Å². The number of aromatic amines is 1. The van der Waals surface area contributed by atoms with Crippen LogP contribution in [0.1, 0.15) is 0 Å². The topological polar surface area (TPSA) is 142 Å². The standard InChI is InChI=1S/C10H13N5O5/c1-14-7-6(8(19)13-10(14)20)15(4-5(17)18)9(12-7)11-2-3-16/h16H,2-4H2,1H3,(H,11,12)(H,17,18)(H,13,19,20). The van der Waals surface area contributed by atoms with Crippen molar-refractivity contribution in [2.75, 3.05) is 18.5 Å². The summed E-state index contributed by atoms with van der Waals surface area (Å²) < 4.78 is 2.25. The van der Waals surface area contributed by atoms with E-state index in [0.717, 1.165) is 9.13 Å². The lowest BCUT2D eigenvalue weighted by atomic mass is 10.5. The van der Waals surface area contributed by atoms with Gasteiger partial charge in [-0.05, 0) is 0 Å². The van der Waals surface area contributed by atoms with Gasteiger partial charge in [0.05, 0.1) is 6.61 Å². The van der Waals surface area contributed by atoms with Gasteiger partial charge in [-0.25, -0.2) is 4.79 Å². The molecular weight excluding hydrogens is 270 g/mol. The SMILES string of the molecule is Cn1c(=O)[nH]c(=O)c2c1nc(NCCO)n2CC(=O)O. The number of carboxylic acids is 1. The fourth-order valence-corrected chi connectivity index (χ4v) is 1.83. The number of fused-ring (bicyclic) bond motifs is 1. The highest BCUT2D eigenvalue weighted by Crippen LogP contribution is 2.14. The highest BCUT2D eigenvalue weighted by Gasteiger charge is 2.18. The molecule has 10 nitrogen and oxygen atoms in total. The van der Waals surface area contributed by atoms with Crippen LogP contribution in [0.4, 0.5) is 5.95 Å². The van der Waals surface area contributed by atoms with Gasteiger partial charge in [0, 0.05) is 13.6 Å². The summed E-state index contributed by atoms with van der Waals surface area (Å²) in [7, 11) is 1.41. The van der Waals surface area contributed by atoms with Gasteiger partial charge in [0.25, 0.3) is 5.56 Å². The zero-order chi connectivity index (χ0) is 14.9. The van der Waals surface area contributed by atoms with Crippen molar-refractivity contribution in [3.05, 3.63) is 20.8 Å². The monoisotopic (exact) mass is 283 g/mol. The number of H-pyrrole nitrogens is 1. The van der Waals surface area contributed by atoms with Gasteiger partial charge in [-0.3, -0.25) is 23.7 Å². The van der Waals surface area contributed by atoms with E-state index in [0.29, 0.717) is 0 Å². The quantitative estimate of drug-likeness (QED) is 0.493. The van der Waals surface area contributed by atoms with E-state index in [1.807, 2.05) is 0 Å². The molecule has 0 saturated carbocycles. The highest BCUT2D eigenvalue weighted by molar-refractivity contribution is 5.77. The van der Waals surface area contributed by atoms with Crippen LogP contribution in [0, 0.1) is 0 Å². The predicted octanol–water partition coefficient (Wildman–Crippen LogP) is -2.09. The molecule has 0 aliphatic carbocycles. The number of nitrogens with zero attached hydrogens (tertiary/aromatic N) is 3. The maximum absolute atomic E-state index is 11.8. The summed E-state index contributed by atoms with van der Waals surface area (Å²) in [6.07, 6.45) is 0. The minimum absolute atomic E-state index is 0.0186. The minimum atomic E-state index is -1.16. The molecule has 108 valence electrons. The number of rotatable bonds is 5. The minimum Gasteiger partial charge on any atom is -0.480 e. The van der Waals surface area contributed by atoms with Crippen molar-refractivity contribution < 1.29 is 15.0 Å². The van der Waals surface area contributed by atoms with Crippen LogP contribution >= 0.6 is 0 Å². The van der Waals surface area contributed by atoms with Crippen LogP contribution in [-0.4, -0.2) is 48.4 Å². The maximum atomic E-state index is 11.8. The van der Waals surface area contributed by atoms with E-state index < -0.39 is 23.8 Å². The second-order valence-electron chi connectivity index (χ2n) is 4.06. The van der Waals surface area contributed by atoms with Crippen molar-refractivity contribution in [1.29, 1.82) is 0 Å². The number of hydrogen-bond donors (Lipinski definition) is 4. The maximum Gasteiger partial charge on any atom is 0.329 e. The van der Waals surface area contributed by atoms with Crippen molar-refractivity contribution in [1.82, 2.24) is 19.1 Å². The zero-order valence-corrected chi connectivity index (χ0v) is 10.6. The molecule has 0 amide bonds. The lowest BCUT2D eigenvalue weighted by Gasteiger charge is -2.06. The van der Waals surface area contributed by atoms with Crippen LogP contribution < -0.4 is 16.6 Å². The van der Waals surface area contributed by atoms with E-state index in [1.54, 1.807) is 0 Å². The molecule has 0 radical (unpaired) electrons. The molecule has 2 heterocycles. The number of carbonyl (C=O) groups is 1. The third-order valence-corrected chi connectivity index (χ3v) is 2.70. The molecule has 20 heavy (non-hydrogen) atoms. The molecule has 0 bridgehead atoms. The summed E-state index contributed by atoms with van der Waals surface area (Å²) in [5.74, 6) is -1.06. The van der Waals surface area contributed by atoms with Crippen LogP contribution in [0.15, 0.2) is 9.59 Å². The van der Waals surface area contributed by atoms with Gasteiger partial charge in [-0.2, -0.15) is 4.98 Å². The number of aliphatic hydroxyl groups excluding tert-OH is 1.